The Morgan fingerprint density at radius 1 is 1.73 bits per heavy atom. The molecule has 60 valence electrons. The molecule has 5 heteroatoms. The molecule has 1 aromatic heterocycles. The summed E-state index contributed by atoms with van der Waals surface area (Å²) in [4.78, 5) is 6.14. The van der Waals surface area contributed by atoms with Gasteiger partial charge in [-0.3, -0.25) is 0 Å². The van der Waals surface area contributed by atoms with Gasteiger partial charge >= 0.3 is 0 Å². The molecule has 1 N–H and O–H groups in total. The molecule has 1 rings (SSSR count). The average Bonchev–Trinajstić information content (AvgIpc) is 1.96. The molecule has 1 heterocycles. The first-order valence-corrected chi connectivity index (χ1v) is 3.88. The van der Waals surface area contributed by atoms with Crippen LogP contribution in [0.5, 0.6) is 0 Å². The van der Waals surface area contributed by atoms with Crippen molar-refractivity contribution in [2.75, 3.05) is 0 Å². The van der Waals surface area contributed by atoms with E-state index in [0.717, 1.165) is 0 Å². The van der Waals surface area contributed by atoms with Crippen molar-refractivity contribution in [3.8, 4) is 0 Å². The quantitative estimate of drug-likeness (QED) is 0.547. The predicted octanol–water partition coefficient (Wildman–Crippen LogP) is 2.49. The molecule has 0 fully saturated rings. The topological polar surface area (TPSA) is 28.7 Å². The van der Waals surface area contributed by atoms with Crippen molar-refractivity contribution >= 4 is 23.8 Å². The van der Waals surface area contributed by atoms with Gasteiger partial charge in [0.25, 0.3) is 0 Å². The van der Waals surface area contributed by atoms with Crippen molar-refractivity contribution in [2.45, 2.75) is 13.3 Å². The minimum atomic E-state index is -0.511. The third-order valence-corrected chi connectivity index (χ3v) is 1.70. The highest BCUT2D eigenvalue weighted by atomic mass is 35.5. The second kappa shape index (κ2) is 3.28. The smallest absolute Gasteiger partial charge is 0.198 e. The average molecular weight is 193 g/mol. The van der Waals surface area contributed by atoms with Crippen LogP contribution in [-0.2, 0) is 6.42 Å². The Morgan fingerprint density at radius 3 is 2.91 bits per heavy atom. The molecule has 0 unspecified atom stereocenters. The highest BCUT2D eigenvalue weighted by molar-refractivity contribution is 7.71. The van der Waals surface area contributed by atoms with Gasteiger partial charge in [-0.05, 0) is 18.6 Å². The summed E-state index contributed by atoms with van der Waals surface area (Å²) >= 11 is 10.1. The first kappa shape index (κ1) is 8.62. The van der Waals surface area contributed by atoms with E-state index in [9.17, 15) is 4.39 Å². The summed E-state index contributed by atoms with van der Waals surface area (Å²) in [6.07, 6.45) is 0.526. The molecule has 1 aromatic rings. The summed E-state index contributed by atoms with van der Waals surface area (Å²) < 4.78 is 13.1. The normalized spacial score (nSPS) is 10.1. The number of nitrogens with zero attached hydrogens (tertiary/aromatic N) is 1. The Kier molecular flexibility index (Phi) is 2.57. The molecule has 0 amide bonds. The molecule has 0 aliphatic carbocycles. The van der Waals surface area contributed by atoms with Crippen LogP contribution in [-0.4, -0.2) is 9.97 Å². The molecule has 0 spiro atoms. The molecule has 0 aliphatic rings. The largest absolute Gasteiger partial charge is 0.332 e. The first-order chi connectivity index (χ1) is 5.15. The van der Waals surface area contributed by atoms with E-state index < -0.39 is 5.82 Å². The van der Waals surface area contributed by atoms with E-state index in [0.29, 0.717) is 12.1 Å². The zero-order valence-corrected chi connectivity index (χ0v) is 7.39. The molecule has 0 aromatic carbocycles. The van der Waals surface area contributed by atoms with Gasteiger partial charge in [0.15, 0.2) is 15.7 Å². The molecule has 0 radical (unpaired) electrons. The van der Waals surface area contributed by atoms with Crippen LogP contribution in [0.2, 0.25) is 5.15 Å². The van der Waals surface area contributed by atoms with E-state index in [-0.39, 0.29) is 9.92 Å². The maximum absolute atomic E-state index is 12.9. The summed E-state index contributed by atoms with van der Waals surface area (Å²) in [6.45, 7) is 1.81. The zero-order valence-electron chi connectivity index (χ0n) is 5.82. The number of aromatic nitrogens is 2. The van der Waals surface area contributed by atoms with Crippen molar-refractivity contribution in [3.05, 3.63) is 21.4 Å². The standard InChI is InChI=1S/C6H6ClFN2S/c1-2-3-4(8)5(7)10-6(11)9-3/h2H2,1H3,(H,9,10,11). The maximum atomic E-state index is 12.9. The lowest BCUT2D eigenvalue weighted by molar-refractivity contribution is 0.592. The number of H-pyrrole nitrogens is 1. The second-order valence-corrected chi connectivity index (χ2v) is 2.72. The van der Waals surface area contributed by atoms with Gasteiger partial charge in [-0.25, -0.2) is 9.37 Å². The van der Waals surface area contributed by atoms with E-state index in [1.54, 1.807) is 6.92 Å². The highest BCUT2D eigenvalue weighted by Gasteiger charge is 2.05. The Bertz CT molecular complexity index is 323. The Balaban J connectivity index is 3.36. The first-order valence-electron chi connectivity index (χ1n) is 3.09. The molecular weight excluding hydrogens is 187 g/mol. The van der Waals surface area contributed by atoms with Crippen LogP contribution in [0.25, 0.3) is 0 Å². The molecular formula is C6H6ClFN2S. The minimum Gasteiger partial charge on any atom is -0.332 e. The van der Waals surface area contributed by atoms with Crippen LogP contribution in [0.15, 0.2) is 0 Å². The van der Waals surface area contributed by atoms with Crippen molar-refractivity contribution < 1.29 is 4.39 Å². The maximum Gasteiger partial charge on any atom is 0.198 e. The van der Waals surface area contributed by atoms with E-state index in [1.807, 2.05) is 0 Å². The van der Waals surface area contributed by atoms with Crippen molar-refractivity contribution in [3.63, 3.8) is 0 Å². The van der Waals surface area contributed by atoms with E-state index >= 15 is 0 Å². The third kappa shape index (κ3) is 1.75. The number of aromatic amines is 1. The third-order valence-electron chi connectivity index (χ3n) is 1.26. The number of hydrogen-bond donors (Lipinski definition) is 1. The lowest BCUT2D eigenvalue weighted by Crippen LogP contribution is -1.96. The van der Waals surface area contributed by atoms with Crippen LogP contribution < -0.4 is 0 Å². The van der Waals surface area contributed by atoms with Gasteiger partial charge < -0.3 is 4.98 Å². The Labute approximate surface area is 73.4 Å². The molecule has 11 heavy (non-hydrogen) atoms. The number of aryl methyl sites for hydroxylation is 1. The molecule has 0 bridgehead atoms. The van der Waals surface area contributed by atoms with Gasteiger partial charge in [0.2, 0.25) is 0 Å². The van der Waals surface area contributed by atoms with Crippen LogP contribution in [0, 0.1) is 10.6 Å². The van der Waals surface area contributed by atoms with E-state index in [2.05, 4.69) is 9.97 Å². The van der Waals surface area contributed by atoms with Gasteiger partial charge in [0.05, 0.1) is 5.69 Å². The highest BCUT2D eigenvalue weighted by Crippen LogP contribution is 2.13. The van der Waals surface area contributed by atoms with Gasteiger partial charge in [0, 0.05) is 0 Å². The summed E-state index contributed by atoms with van der Waals surface area (Å²) in [5.74, 6) is -0.511. The van der Waals surface area contributed by atoms with Gasteiger partial charge in [-0.15, -0.1) is 0 Å². The minimum absolute atomic E-state index is 0.161. The number of halogens is 2. The van der Waals surface area contributed by atoms with Crippen molar-refractivity contribution in [2.24, 2.45) is 0 Å². The number of nitrogens with one attached hydrogen (secondary N) is 1. The monoisotopic (exact) mass is 192 g/mol. The van der Waals surface area contributed by atoms with Crippen LogP contribution >= 0.6 is 23.8 Å². The van der Waals surface area contributed by atoms with Gasteiger partial charge in [0.1, 0.15) is 0 Å². The van der Waals surface area contributed by atoms with Crippen LogP contribution in [0.3, 0.4) is 0 Å². The van der Waals surface area contributed by atoms with Gasteiger partial charge in [-0.1, -0.05) is 18.5 Å². The fourth-order valence-corrected chi connectivity index (χ4v) is 1.18. The predicted molar refractivity (Wildman–Crippen MR) is 43.8 cm³/mol. The summed E-state index contributed by atoms with van der Waals surface area (Å²) in [5, 5.41) is -0.161. The number of rotatable bonds is 1. The molecule has 0 atom stereocenters. The molecule has 2 nitrogen and oxygen atoms in total. The Hall–Kier alpha value is -0.480. The molecule has 0 saturated carbocycles. The molecule has 0 aliphatic heterocycles. The van der Waals surface area contributed by atoms with Crippen LogP contribution in [0.1, 0.15) is 12.6 Å². The summed E-state index contributed by atoms with van der Waals surface area (Å²) in [5.41, 5.74) is 0.398. The van der Waals surface area contributed by atoms with Crippen molar-refractivity contribution in [1.82, 2.24) is 9.97 Å². The SMILES string of the molecule is CCc1[nH]c(=S)nc(Cl)c1F. The van der Waals surface area contributed by atoms with E-state index in [4.69, 9.17) is 23.8 Å². The van der Waals surface area contributed by atoms with E-state index in [1.165, 1.54) is 0 Å². The fourth-order valence-electron chi connectivity index (χ4n) is 0.718. The summed E-state index contributed by atoms with van der Waals surface area (Å²) in [7, 11) is 0. The van der Waals surface area contributed by atoms with Crippen molar-refractivity contribution in [1.29, 1.82) is 0 Å². The summed E-state index contributed by atoms with van der Waals surface area (Å²) in [6, 6.07) is 0. The fraction of sp³-hybridized carbons (Fsp3) is 0.333. The van der Waals surface area contributed by atoms with Gasteiger partial charge in [-0.2, -0.15) is 0 Å². The molecule has 0 saturated heterocycles. The Morgan fingerprint density at radius 2 is 2.36 bits per heavy atom. The lowest BCUT2D eigenvalue weighted by Gasteiger charge is -1.99. The number of hydrogen-bond acceptors (Lipinski definition) is 2. The zero-order chi connectivity index (χ0) is 8.43. The van der Waals surface area contributed by atoms with Crippen LogP contribution in [0.4, 0.5) is 4.39 Å². The lowest BCUT2D eigenvalue weighted by atomic mass is 10.3. The second-order valence-electron chi connectivity index (χ2n) is 1.98.